The van der Waals surface area contributed by atoms with Gasteiger partial charge >= 0.3 is 0 Å². The van der Waals surface area contributed by atoms with Crippen molar-refractivity contribution in [3.63, 3.8) is 0 Å². The first kappa shape index (κ1) is 11.4. The number of rotatable bonds is 5. The first-order chi connectivity index (χ1) is 6.74. The second kappa shape index (κ2) is 5.91. The lowest BCUT2D eigenvalue weighted by molar-refractivity contribution is 0.324. The lowest BCUT2D eigenvalue weighted by Gasteiger charge is -2.07. The van der Waals surface area contributed by atoms with Crippen LogP contribution in [0.5, 0.6) is 5.75 Å². The Morgan fingerprint density at radius 2 is 2.21 bits per heavy atom. The van der Waals surface area contributed by atoms with E-state index < -0.39 is 0 Å². The molecule has 0 bridgehead atoms. The largest absolute Gasteiger partial charge is 0.490 e. The topological polar surface area (TPSA) is 9.23 Å². The van der Waals surface area contributed by atoms with Gasteiger partial charge in [0.2, 0.25) is 0 Å². The predicted octanol–water partition coefficient (Wildman–Crippen LogP) is 3.27. The molecule has 0 heterocycles. The third-order valence-corrected chi connectivity index (χ3v) is 2.64. The summed E-state index contributed by atoms with van der Waals surface area (Å²) in [5.41, 5.74) is 1.02. The lowest BCUT2D eigenvalue weighted by atomic mass is 10.2. The highest BCUT2D eigenvalue weighted by Gasteiger charge is 2.02. The third-order valence-electron chi connectivity index (χ3n) is 1.78. The molecule has 1 aromatic rings. The van der Waals surface area contributed by atoms with Crippen molar-refractivity contribution >= 4 is 11.8 Å². The van der Waals surface area contributed by atoms with E-state index in [1.807, 2.05) is 6.92 Å². The van der Waals surface area contributed by atoms with Gasteiger partial charge in [-0.1, -0.05) is 13.0 Å². The van der Waals surface area contributed by atoms with E-state index in [0.717, 1.165) is 17.1 Å². The van der Waals surface area contributed by atoms with Gasteiger partial charge in [-0.25, -0.2) is 4.39 Å². The number of benzene rings is 1. The Labute approximate surface area is 88.7 Å². The van der Waals surface area contributed by atoms with Gasteiger partial charge in [-0.2, -0.15) is 11.8 Å². The standard InChI is InChI=1S/C11H15FOS/c1-3-14-7-6-13-11-8-9(2)4-5-10(11)12/h4-5,8H,3,6-7H2,1-2H3. The van der Waals surface area contributed by atoms with Crippen molar-refractivity contribution in [3.8, 4) is 5.75 Å². The van der Waals surface area contributed by atoms with Crippen LogP contribution in [0.3, 0.4) is 0 Å². The molecule has 1 rings (SSSR count). The maximum Gasteiger partial charge on any atom is 0.165 e. The number of hydrogen-bond donors (Lipinski definition) is 0. The average molecular weight is 214 g/mol. The van der Waals surface area contributed by atoms with Crippen LogP contribution in [0.2, 0.25) is 0 Å². The third kappa shape index (κ3) is 3.58. The Bertz CT molecular complexity index is 289. The molecule has 0 fully saturated rings. The quantitative estimate of drug-likeness (QED) is 0.696. The maximum absolute atomic E-state index is 13.1. The van der Waals surface area contributed by atoms with Crippen LogP contribution < -0.4 is 4.74 Å². The van der Waals surface area contributed by atoms with Gasteiger partial charge in [-0.15, -0.1) is 0 Å². The minimum atomic E-state index is -0.280. The number of ether oxygens (including phenoxy) is 1. The van der Waals surface area contributed by atoms with E-state index in [0.29, 0.717) is 12.4 Å². The van der Waals surface area contributed by atoms with E-state index in [9.17, 15) is 4.39 Å². The molecule has 0 N–H and O–H groups in total. The van der Waals surface area contributed by atoms with Crippen molar-refractivity contribution < 1.29 is 9.13 Å². The van der Waals surface area contributed by atoms with Crippen molar-refractivity contribution in [1.29, 1.82) is 0 Å². The predicted molar refractivity (Wildman–Crippen MR) is 59.6 cm³/mol. The molecule has 0 radical (unpaired) electrons. The van der Waals surface area contributed by atoms with Gasteiger partial charge in [-0.3, -0.25) is 0 Å². The van der Waals surface area contributed by atoms with Gasteiger partial charge in [0.25, 0.3) is 0 Å². The molecule has 0 atom stereocenters. The van der Waals surface area contributed by atoms with Crippen LogP contribution in [0.15, 0.2) is 18.2 Å². The van der Waals surface area contributed by atoms with Crippen LogP contribution in [-0.4, -0.2) is 18.1 Å². The molecule has 0 unspecified atom stereocenters. The van der Waals surface area contributed by atoms with E-state index >= 15 is 0 Å². The fourth-order valence-corrected chi connectivity index (χ4v) is 1.57. The summed E-state index contributed by atoms with van der Waals surface area (Å²) in [5, 5.41) is 0. The zero-order chi connectivity index (χ0) is 10.4. The highest BCUT2D eigenvalue weighted by molar-refractivity contribution is 7.99. The summed E-state index contributed by atoms with van der Waals surface area (Å²) in [4.78, 5) is 0. The van der Waals surface area contributed by atoms with Crippen LogP contribution in [0.1, 0.15) is 12.5 Å². The lowest BCUT2D eigenvalue weighted by Crippen LogP contribution is -2.02. The first-order valence-electron chi connectivity index (χ1n) is 4.70. The van der Waals surface area contributed by atoms with E-state index in [2.05, 4.69) is 6.92 Å². The Balaban J connectivity index is 2.45. The highest BCUT2D eigenvalue weighted by Crippen LogP contribution is 2.18. The molecule has 0 amide bonds. The molecule has 0 aliphatic rings. The average Bonchev–Trinajstić information content (AvgIpc) is 2.18. The van der Waals surface area contributed by atoms with Crippen LogP contribution in [0.4, 0.5) is 4.39 Å². The fraction of sp³-hybridized carbons (Fsp3) is 0.455. The van der Waals surface area contributed by atoms with Gasteiger partial charge in [0, 0.05) is 5.75 Å². The molecule has 3 heteroatoms. The second-order valence-corrected chi connectivity index (χ2v) is 4.37. The van der Waals surface area contributed by atoms with Crippen LogP contribution in [-0.2, 0) is 0 Å². The Hall–Kier alpha value is -0.700. The van der Waals surface area contributed by atoms with Crippen molar-refractivity contribution in [2.24, 2.45) is 0 Å². The molecule has 0 saturated carbocycles. The van der Waals surface area contributed by atoms with E-state index in [-0.39, 0.29) is 5.82 Å². The van der Waals surface area contributed by atoms with Crippen molar-refractivity contribution in [1.82, 2.24) is 0 Å². The number of aryl methyl sites for hydroxylation is 1. The molecule has 0 spiro atoms. The van der Waals surface area contributed by atoms with Crippen molar-refractivity contribution in [2.75, 3.05) is 18.1 Å². The molecule has 0 aliphatic carbocycles. The molecular formula is C11H15FOS. The van der Waals surface area contributed by atoms with Crippen LogP contribution in [0.25, 0.3) is 0 Å². The Morgan fingerprint density at radius 1 is 1.43 bits per heavy atom. The van der Waals surface area contributed by atoms with E-state index in [1.165, 1.54) is 6.07 Å². The van der Waals surface area contributed by atoms with E-state index in [4.69, 9.17) is 4.74 Å². The molecule has 14 heavy (non-hydrogen) atoms. The summed E-state index contributed by atoms with van der Waals surface area (Å²) >= 11 is 1.79. The maximum atomic E-state index is 13.1. The monoisotopic (exact) mass is 214 g/mol. The molecule has 1 nitrogen and oxygen atoms in total. The smallest absolute Gasteiger partial charge is 0.165 e. The Morgan fingerprint density at radius 3 is 2.93 bits per heavy atom. The number of thioether (sulfide) groups is 1. The van der Waals surface area contributed by atoms with Crippen molar-refractivity contribution in [2.45, 2.75) is 13.8 Å². The SMILES string of the molecule is CCSCCOc1cc(C)ccc1F. The molecule has 0 saturated heterocycles. The molecular weight excluding hydrogens is 199 g/mol. The molecule has 78 valence electrons. The van der Waals surface area contributed by atoms with Crippen LogP contribution >= 0.6 is 11.8 Å². The van der Waals surface area contributed by atoms with Crippen molar-refractivity contribution in [3.05, 3.63) is 29.6 Å². The molecule has 0 aliphatic heterocycles. The molecule has 1 aromatic carbocycles. The van der Waals surface area contributed by atoms with Gasteiger partial charge < -0.3 is 4.74 Å². The number of hydrogen-bond acceptors (Lipinski definition) is 2. The Kier molecular flexibility index (Phi) is 4.80. The summed E-state index contributed by atoms with van der Waals surface area (Å²) in [6.07, 6.45) is 0. The minimum Gasteiger partial charge on any atom is -0.490 e. The minimum absolute atomic E-state index is 0.280. The van der Waals surface area contributed by atoms with Crippen LogP contribution in [0, 0.1) is 12.7 Å². The highest BCUT2D eigenvalue weighted by atomic mass is 32.2. The van der Waals surface area contributed by atoms with Gasteiger partial charge in [-0.05, 0) is 30.4 Å². The fourth-order valence-electron chi connectivity index (χ4n) is 1.08. The second-order valence-electron chi connectivity index (χ2n) is 2.98. The van der Waals surface area contributed by atoms with Gasteiger partial charge in [0.05, 0.1) is 6.61 Å². The normalized spacial score (nSPS) is 10.2. The first-order valence-corrected chi connectivity index (χ1v) is 5.86. The summed E-state index contributed by atoms with van der Waals surface area (Å²) in [6, 6.07) is 4.91. The molecule has 0 aromatic heterocycles. The van der Waals surface area contributed by atoms with Gasteiger partial charge in [0.15, 0.2) is 11.6 Å². The summed E-state index contributed by atoms with van der Waals surface area (Å²) in [7, 11) is 0. The summed E-state index contributed by atoms with van der Waals surface area (Å²) in [5.74, 6) is 2.06. The summed E-state index contributed by atoms with van der Waals surface area (Å²) < 4.78 is 18.5. The van der Waals surface area contributed by atoms with E-state index in [1.54, 1.807) is 23.9 Å². The van der Waals surface area contributed by atoms with Gasteiger partial charge in [0.1, 0.15) is 0 Å². The zero-order valence-corrected chi connectivity index (χ0v) is 9.36. The number of halogens is 1. The zero-order valence-electron chi connectivity index (χ0n) is 8.55. The summed E-state index contributed by atoms with van der Waals surface area (Å²) in [6.45, 7) is 4.59.